The number of nitrogens with zero attached hydrogens (tertiary/aromatic N) is 3. The van der Waals surface area contributed by atoms with Crippen molar-refractivity contribution >= 4 is 11.6 Å². The minimum Gasteiger partial charge on any atom is -0.393 e. The lowest BCUT2D eigenvalue weighted by Crippen LogP contribution is -2.41. The molecule has 6 nitrogen and oxygen atoms in total. The zero-order chi connectivity index (χ0) is 18.7. The van der Waals surface area contributed by atoms with Gasteiger partial charge in [-0.2, -0.15) is 5.10 Å². The zero-order valence-corrected chi connectivity index (χ0v) is 15.7. The second kappa shape index (κ2) is 7.91. The largest absolute Gasteiger partial charge is 0.393 e. The highest BCUT2D eigenvalue weighted by atomic mass is 16.3. The van der Waals surface area contributed by atoms with Crippen LogP contribution in [0.2, 0.25) is 0 Å². The summed E-state index contributed by atoms with van der Waals surface area (Å²) < 4.78 is 1.75. The first-order valence-electron chi connectivity index (χ1n) is 9.14. The maximum atomic E-state index is 12.5. The molecule has 0 radical (unpaired) electrons. The number of rotatable bonds is 7. The summed E-state index contributed by atoms with van der Waals surface area (Å²) in [6.07, 6.45) is 6.12. The number of amides is 1. The van der Waals surface area contributed by atoms with Crippen molar-refractivity contribution in [2.24, 2.45) is 13.0 Å². The van der Waals surface area contributed by atoms with Crippen LogP contribution in [0.4, 0.5) is 5.69 Å². The van der Waals surface area contributed by atoms with E-state index >= 15 is 0 Å². The van der Waals surface area contributed by atoms with Crippen LogP contribution in [-0.2, 0) is 18.3 Å². The quantitative estimate of drug-likeness (QED) is 0.797. The van der Waals surface area contributed by atoms with Gasteiger partial charge in [-0.05, 0) is 42.9 Å². The average Bonchev–Trinajstić information content (AvgIpc) is 3.02. The third-order valence-electron chi connectivity index (χ3n) is 5.11. The van der Waals surface area contributed by atoms with Crippen molar-refractivity contribution in [1.29, 1.82) is 0 Å². The highest BCUT2D eigenvalue weighted by Crippen LogP contribution is 2.38. The molecule has 1 heterocycles. The first-order chi connectivity index (χ1) is 12.4. The molecule has 140 valence electrons. The Labute approximate surface area is 154 Å². The fourth-order valence-electron chi connectivity index (χ4n) is 3.44. The maximum Gasteiger partial charge on any atom is 0.220 e. The Hall–Kier alpha value is -2.34. The molecule has 3 rings (SSSR count). The number of hydrogen-bond donors (Lipinski definition) is 2. The van der Waals surface area contributed by atoms with Crippen molar-refractivity contribution in [1.82, 2.24) is 15.1 Å². The van der Waals surface area contributed by atoms with Gasteiger partial charge in [0.05, 0.1) is 18.3 Å². The van der Waals surface area contributed by atoms with Crippen LogP contribution in [0.1, 0.15) is 36.4 Å². The van der Waals surface area contributed by atoms with Gasteiger partial charge in [0, 0.05) is 45.0 Å². The molecule has 26 heavy (non-hydrogen) atoms. The fourth-order valence-corrected chi connectivity index (χ4v) is 3.44. The van der Waals surface area contributed by atoms with E-state index in [2.05, 4.69) is 39.6 Å². The minimum absolute atomic E-state index is 0.0388. The molecule has 6 heteroatoms. The van der Waals surface area contributed by atoms with Gasteiger partial charge in [0.25, 0.3) is 0 Å². The number of aromatic nitrogens is 2. The van der Waals surface area contributed by atoms with Gasteiger partial charge in [0.15, 0.2) is 0 Å². The Kier molecular flexibility index (Phi) is 5.61. The van der Waals surface area contributed by atoms with Gasteiger partial charge in [-0.25, -0.2) is 0 Å². The van der Waals surface area contributed by atoms with Crippen molar-refractivity contribution in [2.45, 2.75) is 37.8 Å². The number of carbonyl (C=O) groups excluding carboxylic acids is 1. The molecule has 1 fully saturated rings. The van der Waals surface area contributed by atoms with Crippen LogP contribution in [0.5, 0.6) is 0 Å². The number of aliphatic hydroxyl groups is 1. The second-order valence-electron chi connectivity index (χ2n) is 7.44. The molecule has 1 aliphatic rings. The molecule has 1 amide bonds. The number of aryl methyl sites for hydroxylation is 2. The predicted octanol–water partition coefficient (Wildman–Crippen LogP) is 2.05. The third kappa shape index (κ3) is 4.43. The Morgan fingerprint density at radius 1 is 1.35 bits per heavy atom. The average molecular weight is 356 g/mol. The fraction of sp³-hybridized carbons (Fsp3) is 0.500. The lowest BCUT2D eigenvalue weighted by Gasteiger charge is -2.37. The van der Waals surface area contributed by atoms with Crippen molar-refractivity contribution in [3.05, 3.63) is 47.8 Å². The molecular formula is C20H28N4O2. The first-order valence-corrected chi connectivity index (χ1v) is 9.14. The van der Waals surface area contributed by atoms with Crippen LogP contribution in [0.3, 0.4) is 0 Å². The van der Waals surface area contributed by atoms with E-state index in [0.29, 0.717) is 12.8 Å². The van der Waals surface area contributed by atoms with Gasteiger partial charge in [-0.1, -0.05) is 12.1 Å². The van der Waals surface area contributed by atoms with Gasteiger partial charge in [-0.3, -0.25) is 9.48 Å². The predicted molar refractivity (Wildman–Crippen MR) is 102 cm³/mol. The summed E-state index contributed by atoms with van der Waals surface area (Å²) in [5.41, 5.74) is 3.31. The number of hydrogen-bond acceptors (Lipinski definition) is 4. The number of nitrogens with one attached hydrogen (secondary N) is 1. The number of carbonyl (C=O) groups is 1. The summed E-state index contributed by atoms with van der Waals surface area (Å²) in [6.45, 7) is 0. The highest BCUT2D eigenvalue weighted by Gasteiger charge is 2.36. The lowest BCUT2D eigenvalue weighted by atomic mass is 9.75. The second-order valence-corrected chi connectivity index (χ2v) is 7.44. The molecule has 2 N–H and O–H groups in total. The smallest absolute Gasteiger partial charge is 0.220 e. The molecule has 1 atom stereocenters. The van der Waals surface area contributed by atoms with E-state index in [9.17, 15) is 9.90 Å². The Bertz CT molecular complexity index is 733. The van der Waals surface area contributed by atoms with Crippen molar-refractivity contribution in [3.8, 4) is 0 Å². The van der Waals surface area contributed by atoms with Crippen LogP contribution in [0.25, 0.3) is 0 Å². The molecule has 0 unspecified atom stereocenters. The summed E-state index contributed by atoms with van der Waals surface area (Å²) >= 11 is 0. The van der Waals surface area contributed by atoms with Crippen LogP contribution >= 0.6 is 0 Å². The van der Waals surface area contributed by atoms with E-state index in [0.717, 1.165) is 29.7 Å². The van der Waals surface area contributed by atoms with Gasteiger partial charge in [0.2, 0.25) is 5.91 Å². The molecule has 0 saturated heterocycles. The zero-order valence-electron chi connectivity index (χ0n) is 15.7. The van der Waals surface area contributed by atoms with Crippen LogP contribution in [-0.4, -0.2) is 41.0 Å². The molecule has 1 aromatic carbocycles. The van der Waals surface area contributed by atoms with Gasteiger partial charge in [0.1, 0.15) is 0 Å². The number of aliphatic hydroxyl groups excluding tert-OH is 1. The Balaban J connectivity index is 1.57. The topological polar surface area (TPSA) is 70.4 Å². The van der Waals surface area contributed by atoms with E-state index < -0.39 is 0 Å². The highest BCUT2D eigenvalue weighted by molar-refractivity contribution is 5.76. The third-order valence-corrected chi connectivity index (χ3v) is 5.11. The Morgan fingerprint density at radius 2 is 2.04 bits per heavy atom. The summed E-state index contributed by atoms with van der Waals surface area (Å²) in [6, 6.07) is 8.21. The molecule has 2 aromatic rings. The maximum absolute atomic E-state index is 12.5. The lowest BCUT2D eigenvalue weighted by molar-refractivity contribution is -0.123. The van der Waals surface area contributed by atoms with Crippen LogP contribution < -0.4 is 10.2 Å². The standard InChI is InChI=1S/C20H28N4O2/c1-23(2)17-7-4-14(5-8-17)6-9-19(26)22-20(15-10-18(25)11-15)16-12-21-24(3)13-16/h4-5,7-8,12-13,15,18,20,25H,6,9-11H2,1-3H3,(H,22,26)/t15?,18?,20-/m0/s1. The van der Waals surface area contributed by atoms with Gasteiger partial charge >= 0.3 is 0 Å². The first kappa shape index (κ1) is 18.5. The summed E-state index contributed by atoms with van der Waals surface area (Å²) in [7, 11) is 5.90. The molecule has 1 aliphatic carbocycles. The molecule has 1 aromatic heterocycles. The molecule has 1 saturated carbocycles. The van der Waals surface area contributed by atoms with Crippen molar-refractivity contribution in [3.63, 3.8) is 0 Å². The van der Waals surface area contributed by atoms with E-state index in [-0.39, 0.29) is 24.0 Å². The van der Waals surface area contributed by atoms with Crippen molar-refractivity contribution < 1.29 is 9.90 Å². The minimum atomic E-state index is -0.244. The Morgan fingerprint density at radius 3 is 2.58 bits per heavy atom. The van der Waals surface area contributed by atoms with Crippen LogP contribution in [0, 0.1) is 5.92 Å². The summed E-state index contributed by atoms with van der Waals surface area (Å²) in [5.74, 6) is 0.314. The van der Waals surface area contributed by atoms with E-state index in [1.54, 1.807) is 10.9 Å². The van der Waals surface area contributed by atoms with E-state index in [4.69, 9.17) is 0 Å². The normalized spacial score (nSPS) is 20.3. The SMILES string of the molecule is CN(C)c1ccc(CCC(=O)N[C@H](c2cnn(C)c2)C2CC(O)C2)cc1. The van der Waals surface area contributed by atoms with E-state index in [1.807, 2.05) is 27.3 Å². The number of benzene rings is 1. The molecular weight excluding hydrogens is 328 g/mol. The van der Waals surface area contributed by atoms with Crippen LogP contribution in [0.15, 0.2) is 36.7 Å². The van der Waals surface area contributed by atoms with Gasteiger partial charge < -0.3 is 15.3 Å². The molecule has 0 bridgehead atoms. The molecule has 0 spiro atoms. The monoisotopic (exact) mass is 356 g/mol. The summed E-state index contributed by atoms with van der Waals surface area (Å²) in [4.78, 5) is 14.6. The van der Waals surface area contributed by atoms with Crippen molar-refractivity contribution in [2.75, 3.05) is 19.0 Å². The molecule has 0 aliphatic heterocycles. The number of anilines is 1. The summed E-state index contributed by atoms with van der Waals surface area (Å²) in [5, 5.41) is 17.0. The van der Waals surface area contributed by atoms with E-state index in [1.165, 1.54) is 0 Å². The van der Waals surface area contributed by atoms with Gasteiger partial charge in [-0.15, -0.1) is 0 Å².